The molecule has 2 atom stereocenters. The van der Waals surface area contributed by atoms with Crippen LogP contribution in [0.5, 0.6) is 0 Å². The molecule has 160 valence electrons. The number of likely N-dealkylation sites (tertiary alicyclic amines) is 1. The summed E-state index contributed by atoms with van der Waals surface area (Å²) < 4.78 is 5.68. The Bertz CT molecular complexity index is 1090. The molecule has 2 aromatic rings. The number of hydrogen-bond acceptors (Lipinski definition) is 6. The number of nitrogens with zero attached hydrogens (tertiary/aromatic N) is 2. The first-order valence-electron chi connectivity index (χ1n) is 10.1. The van der Waals surface area contributed by atoms with Gasteiger partial charge in [0.15, 0.2) is 0 Å². The molecule has 2 aliphatic rings. The van der Waals surface area contributed by atoms with E-state index in [1.165, 1.54) is 29.2 Å². The van der Waals surface area contributed by atoms with E-state index in [-0.39, 0.29) is 29.5 Å². The molecule has 2 unspecified atom stereocenters. The number of aryl methyl sites for hydroxylation is 1. The lowest BCUT2D eigenvalue weighted by Gasteiger charge is -2.28. The normalized spacial score (nSPS) is 22.8. The second kappa shape index (κ2) is 8.31. The number of carbonyl (C=O) groups is 2. The number of non-ortho nitro benzene ring substituents is 1. The molecule has 2 heterocycles. The summed E-state index contributed by atoms with van der Waals surface area (Å²) in [5.74, 6) is -1.95. The van der Waals surface area contributed by atoms with Crippen LogP contribution in [0, 0.1) is 17.0 Å². The first kappa shape index (κ1) is 20.7. The second-order valence-corrected chi connectivity index (χ2v) is 7.75. The standard InChI is InChI=1S/C23H22N2O6/c1-14-6-2-3-10-18(14)20-19(21(26)15-7-4-8-16(12-15)25(29)30)22(27)23(28)24(20)13-17-9-5-11-31-17/h2-4,6-8,10,12,17,20,26H,5,9,11,13H2,1H3/b21-19+. The number of aliphatic hydroxyl groups is 1. The number of ketones is 1. The van der Waals surface area contributed by atoms with Gasteiger partial charge in [0.05, 0.1) is 22.6 Å². The fourth-order valence-electron chi connectivity index (χ4n) is 4.22. The van der Waals surface area contributed by atoms with E-state index < -0.39 is 28.4 Å². The number of carbonyl (C=O) groups excluding carboxylic acids is 2. The van der Waals surface area contributed by atoms with Crippen molar-refractivity contribution in [2.75, 3.05) is 13.2 Å². The van der Waals surface area contributed by atoms with Gasteiger partial charge in [-0.05, 0) is 30.9 Å². The molecule has 0 radical (unpaired) electrons. The smallest absolute Gasteiger partial charge is 0.295 e. The predicted molar refractivity (Wildman–Crippen MR) is 112 cm³/mol. The number of rotatable bonds is 5. The largest absolute Gasteiger partial charge is 0.507 e. The lowest BCUT2D eigenvalue weighted by Crippen LogP contribution is -2.36. The number of ether oxygens (including phenoxy) is 1. The second-order valence-electron chi connectivity index (χ2n) is 7.75. The maximum absolute atomic E-state index is 13.0. The van der Waals surface area contributed by atoms with Crippen LogP contribution in [0.4, 0.5) is 5.69 Å². The van der Waals surface area contributed by atoms with Crippen molar-refractivity contribution in [1.82, 2.24) is 4.90 Å². The lowest BCUT2D eigenvalue weighted by molar-refractivity contribution is -0.384. The molecule has 2 fully saturated rings. The first-order chi connectivity index (χ1) is 14.9. The van der Waals surface area contributed by atoms with Crippen LogP contribution in [0.2, 0.25) is 0 Å². The lowest BCUT2D eigenvalue weighted by atomic mass is 9.92. The van der Waals surface area contributed by atoms with E-state index in [4.69, 9.17) is 4.74 Å². The number of nitro groups is 1. The average molecular weight is 422 g/mol. The number of nitro benzene ring substituents is 1. The monoisotopic (exact) mass is 422 g/mol. The number of amides is 1. The fraction of sp³-hybridized carbons (Fsp3) is 0.304. The van der Waals surface area contributed by atoms with Gasteiger partial charge in [-0.1, -0.05) is 36.4 Å². The Morgan fingerprint density at radius 3 is 2.68 bits per heavy atom. The van der Waals surface area contributed by atoms with Gasteiger partial charge in [0, 0.05) is 30.8 Å². The summed E-state index contributed by atoms with van der Waals surface area (Å²) in [4.78, 5) is 38.0. The zero-order valence-corrected chi connectivity index (χ0v) is 17.0. The third-order valence-corrected chi connectivity index (χ3v) is 5.78. The Morgan fingerprint density at radius 1 is 1.23 bits per heavy atom. The van der Waals surface area contributed by atoms with E-state index in [0.717, 1.165) is 18.4 Å². The van der Waals surface area contributed by atoms with Gasteiger partial charge < -0.3 is 14.7 Å². The Morgan fingerprint density at radius 2 is 2.00 bits per heavy atom. The molecule has 2 aromatic carbocycles. The van der Waals surface area contributed by atoms with Crippen LogP contribution in [0.3, 0.4) is 0 Å². The molecule has 8 nitrogen and oxygen atoms in total. The molecule has 1 amide bonds. The summed E-state index contributed by atoms with van der Waals surface area (Å²) in [6.07, 6.45) is 1.49. The summed E-state index contributed by atoms with van der Waals surface area (Å²) in [6, 6.07) is 11.9. The summed E-state index contributed by atoms with van der Waals surface area (Å²) >= 11 is 0. The van der Waals surface area contributed by atoms with Crippen LogP contribution < -0.4 is 0 Å². The Kier molecular flexibility index (Phi) is 5.56. The van der Waals surface area contributed by atoms with E-state index in [1.54, 1.807) is 0 Å². The molecule has 4 rings (SSSR count). The molecule has 31 heavy (non-hydrogen) atoms. The van der Waals surface area contributed by atoms with Crippen LogP contribution in [0.25, 0.3) is 5.76 Å². The maximum Gasteiger partial charge on any atom is 0.295 e. The molecule has 1 N–H and O–H groups in total. The molecule has 2 saturated heterocycles. The van der Waals surface area contributed by atoms with Gasteiger partial charge in [-0.3, -0.25) is 19.7 Å². The fourth-order valence-corrected chi connectivity index (χ4v) is 4.22. The van der Waals surface area contributed by atoms with E-state index in [2.05, 4.69) is 0 Å². The van der Waals surface area contributed by atoms with Crippen molar-refractivity contribution >= 4 is 23.1 Å². The zero-order valence-electron chi connectivity index (χ0n) is 17.0. The van der Waals surface area contributed by atoms with Crippen molar-refractivity contribution in [3.8, 4) is 0 Å². The van der Waals surface area contributed by atoms with Gasteiger partial charge in [0.25, 0.3) is 17.4 Å². The first-order valence-corrected chi connectivity index (χ1v) is 10.1. The minimum atomic E-state index is -0.810. The Balaban J connectivity index is 1.86. The van der Waals surface area contributed by atoms with Gasteiger partial charge in [-0.25, -0.2) is 0 Å². The van der Waals surface area contributed by atoms with E-state index in [9.17, 15) is 24.8 Å². The van der Waals surface area contributed by atoms with Crippen LogP contribution in [0.1, 0.15) is 35.6 Å². The molecule has 8 heteroatoms. The molecule has 0 spiro atoms. The summed E-state index contributed by atoms with van der Waals surface area (Å²) in [5, 5.41) is 22.2. The molecule has 2 aliphatic heterocycles. The van der Waals surface area contributed by atoms with Crippen molar-refractivity contribution in [2.24, 2.45) is 0 Å². The van der Waals surface area contributed by atoms with E-state index in [1.807, 2.05) is 31.2 Å². The SMILES string of the molecule is Cc1ccccc1C1/C(=C(\O)c2cccc([N+](=O)[O-])c2)C(=O)C(=O)N1CC1CCCO1. The summed E-state index contributed by atoms with van der Waals surface area (Å²) in [6.45, 7) is 2.71. The van der Waals surface area contributed by atoms with Crippen LogP contribution in [0.15, 0.2) is 54.1 Å². The third-order valence-electron chi connectivity index (χ3n) is 5.78. The minimum Gasteiger partial charge on any atom is -0.507 e. The van der Waals surface area contributed by atoms with Crippen molar-refractivity contribution in [3.63, 3.8) is 0 Å². The van der Waals surface area contributed by atoms with Crippen molar-refractivity contribution in [2.45, 2.75) is 31.9 Å². The van der Waals surface area contributed by atoms with Crippen LogP contribution >= 0.6 is 0 Å². The predicted octanol–water partition coefficient (Wildman–Crippen LogP) is 3.50. The maximum atomic E-state index is 13.0. The molecule has 0 aliphatic carbocycles. The van der Waals surface area contributed by atoms with Gasteiger partial charge in [0.1, 0.15) is 5.76 Å². The Hall–Kier alpha value is -3.52. The van der Waals surface area contributed by atoms with Gasteiger partial charge >= 0.3 is 0 Å². The highest BCUT2D eigenvalue weighted by Crippen LogP contribution is 2.41. The number of hydrogen-bond donors (Lipinski definition) is 1. The molecule has 0 saturated carbocycles. The molecular weight excluding hydrogens is 400 g/mol. The highest BCUT2D eigenvalue weighted by Gasteiger charge is 2.47. The highest BCUT2D eigenvalue weighted by molar-refractivity contribution is 6.46. The van der Waals surface area contributed by atoms with Crippen LogP contribution in [-0.4, -0.2) is 45.9 Å². The summed E-state index contributed by atoms with van der Waals surface area (Å²) in [5.41, 5.74) is 1.40. The number of Topliss-reactive ketones (excluding diaryl/α,β-unsaturated/α-hetero) is 1. The molecular formula is C23H22N2O6. The molecule has 0 aromatic heterocycles. The summed E-state index contributed by atoms with van der Waals surface area (Å²) in [7, 11) is 0. The topological polar surface area (TPSA) is 110 Å². The number of aliphatic hydroxyl groups excluding tert-OH is 1. The number of benzene rings is 2. The van der Waals surface area contributed by atoms with Crippen molar-refractivity contribution < 1.29 is 24.4 Å². The third kappa shape index (κ3) is 3.82. The van der Waals surface area contributed by atoms with Crippen molar-refractivity contribution in [1.29, 1.82) is 0 Å². The van der Waals surface area contributed by atoms with E-state index in [0.29, 0.717) is 12.2 Å². The van der Waals surface area contributed by atoms with Gasteiger partial charge in [0.2, 0.25) is 0 Å². The minimum absolute atomic E-state index is 0.0715. The van der Waals surface area contributed by atoms with Gasteiger partial charge in [-0.2, -0.15) is 0 Å². The Labute approximate surface area is 178 Å². The quantitative estimate of drug-likeness (QED) is 0.260. The zero-order chi connectivity index (χ0) is 22.1. The van der Waals surface area contributed by atoms with Crippen LogP contribution in [-0.2, 0) is 14.3 Å². The van der Waals surface area contributed by atoms with E-state index >= 15 is 0 Å². The molecule has 0 bridgehead atoms. The average Bonchev–Trinajstić information content (AvgIpc) is 3.36. The van der Waals surface area contributed by atoms with Gasteiger partial charge in [-0.15, -0.1) is 0 Å². The van der Waals surface area contributed by atoms with Crippen molar-refractivity contribution in [3.05, 3.63) is 80.9 Å². The highest BCUT2D eigenvalue weighted by atomic mass is 16.6.